The van der Waals surface area contributed by atoms with Gasteiger partial charge in [0.2, 0.25) is 5.95 Å². The zero-order chi connectivity index (χ0) is 18.8. The number of nitrogens with two attached hydrogens (primary N) is 1. The van der Waals surface area contributed by atoms with Gasteiger partial charge in [0, 0.05) is 31.4 Å². The van der Waals surface area contributed by atoms with Gasteiger partial charge in [-0.3, -0.25) is 0 Å². The molecular weight excluding hydrogens is 338 g/mol. The van der Waals surface area contributed by atoms with Crippen molar-refractivity contribution in [2.24, 2.45) is 0 Å². The first kappa shape index (κ1) is 16.8. The van der Waals surface area contributed by atoms with Gasteiger partial charge in [0.05, 0.1) is 12.0 Å². The molecule has 4 rings (SSSR count). The molecule has 0 unspecified atom stereocenters. The van der Waals surface area contributed by atoms with Crippen LogP contribution >= 0.6 is 0 Å². The molecule has 0 bridgehead atoms. The van der Waals surface area contributed by atoms with Gasteiger partial charge in [-0.1, -0.05) is 30.3 Å². The molecule has 0 saturated heterocycles. The normalized spacial score (nSPS) is 10.7. The van der Waals surface area contributed by atoms with Crippen LogP contribution in [0.3, 0.4) is 0 Å². The predicted molar refractivity (Wildman–Crippen MR) is 107 cm³/mol. The highest BCUT2D eigenvalue weighted by Crippen LogP contribution is 2.39. The molecule has 134 valence electrons. The second-order valence-corrected chi connectivity index (χ2v) is 6.29. The molecule has 6 heteroatoms. The van der Waals surface area contributed by atoms with Crippen LogP contribution in [0.15, 0.2) is 71.5 Å². The molecule has 0 aliphatic heterocycles. The van der Waals surface area contributed by atoms with E-state index in [-0.39, 0.29) is 5.95 Å². The van der Waals surface area contributed by atoms with Crippen LogP contribution in [0.1, 0.15) is 0 Å². The van der Waals surface area contributed by atoms with Gasteiger partial charge in [0.25, 0.3) is 0 Å². The molecule has 1 aromatic carbocycles. The quantitative estimate of drug-likeness (QED) is 0.592. The molecule has 27 heavy (non-hydrogen) atoms. The molecule has 0 spiro atoms. The molecule has 0 amide bonds. The van der Waals surface area contributed by atoms with E-state index in [1.54, 1.807) is 12.5 Å². The van der Waals surface area contributed by atoms with Crippen molar-refractivity contribution in [2.75, 3.05) is 24.7 Å². The summed E-state index contributed by atoms with van der Waals surface area (Å²) in [6, 6.07) is 17.6. The van der Waals surface area contributed by atoms with Gasteiger partial charge < -0.3 is 15.1 Å². The van der Waals surface area contributed by atoms with E-state index in [4.69, 9.17) is 10.2 Å². The first-order chi connectivity index (χ1) is 13.1. The molecule has 0 fully saturated rings. The van der Waals surface area contributed by atoms with E-state index >= 15 is 0 Å². The Labute approximate surface area is 157 Å². The Hall–Kier alpha value is -3.67. The summed E-state index contributed by atoms with van der Waals surface area (Å²) >= 11 is 0. The fraction of sp³-hybridized carbons (Fsp3) is 0.0952. The first-order valence-corrected chi connectivity index (χ1v) is 8.54. The topological polar surface area (TPSA) is 81.1 Å². The fourth-order valence-corrected chi connectivity index (χ4v) is 2.97. The Bertz CT molecular complexity index is 1060. The van der Waals surface area contributed by atoms with Gasteiger partial charge in [-0.2, -0.15) is 0 Å². The number of rotatable bonds is 4. The van der Waals surface area contributed by atoms with E-state index in [9.17, 15) is 0 Å². The van der Waals surface area contributed by atoms with Crippen molar-refractivity contribution in [1.82, 2.24) is 15.0 Å². The van der Waals surface area contributed by atoms with Crippen LogP contribution in [0, 0.1) is 0 Å². The Balaban J connectivity index is 2.04. The van der Waals surface area contributed by atoms with E-state index in [0.29, 0.717) is 11.5 Å². The molecule has 3 aromatic heterocycles. The third-order valence-electron chi connectivity index (χ3n) is 4.22. The summed E-state index contributed by atoms with van der Waals surface area (Å²) in [5, 5.41) is 0. The number of aromatic nitrogens is 3. The molecule has 3 heterocycles. The van der Waals surface area contributed by atoms with Gasteiger partial charge in [-0.05, 0) is 29.8 Å². The highest BCUT2D eigenvalue weighted by Gasteiger charge is 2.20. The van der Waals surface area contributed by atoms with Crippen LogP contribution in [0.25, 0.3) is 33.8 Å². The number of nitrogen functional groups attached to an aromatic ring is 1. The van der Waals surface area contributed by atoms with Gasteiger partial charge in [-0.15, -0.1) is 0 Å². The molecule has 2 N–H and O–H groups in total. The lowest BCUT2D eigenvalue weighted by Crippen LogP contribution is -2.10. The summed E-state index contributed by atoms with van der Waals surface area (Å²) in [5.74, 6) is 1.68. The number of furan rings is 1. The predicted octanol–water partition coefficient (Wildman–Crippen LogP) is 4.11. The van der Waals surface area contributed by atoms with E-state index in [2.05, 4.69) is 15.0 Å². The Morgan fingerprint density at radius 1 is 0.889 bits per heavy atom. The summed E-state index contributed by atoms with van der Waals surface area (Å²) in [4.78, 5) is 15.4. The second kappa shape index (κ2) is 6.92. The molecular formula is C21H19N5O. The van der Waals surface area contributed by atoms with Crippen LogP contribution in [0.4, 0.5) is 11.8 Å². The van der Waals surface area contributed by atoms with Crippen molar-refractivity contribution < 1.29 is 4.42 Å². The van der Waals surface area contributed by atoms with E-state index in [0.717, 1.165) is 28.2 Å². The van der Waals surface area contributed by atoms with Crippen LogP contribution in [-0.2, 0) is 0 Å². The molecule has 6 nitrogen and oxygen atoms in total. The number of nitrogens with zero attached hydrogens (tertiary/aromatic N) is 4. The summed E-state index contributed by atoms with van der Waals surface area (Å²) in [5.41, 5.74) is 10.2. The Kier molecular flexibility index (Phi) is 4.30. The molecule has 0 saturated carbocycles. The van der Waals surface area contributed by atoms with Crippen molar-refractivity contribution >= 4 is 11.8 Å². The minimum absolute atomic E-state index is 0.200. The SMILES string of the molecule is CN(C)c1cc(-c2c(-c3ccccc3)nc(N)nc2-c2ccco2)ccn1. The lowest BCUT2D eigenvalue weighted by Gasteiger charge is -2.16. The minimum Gasteiger partial charge on any atom is -0.463 e. The first-order valence-electron chi connectivity index (χ1n) is 8.54. The molecule has 0 aliphatic rings. The number of anilines is 2. The zero-order valence-corrected chi connectivity index (χ0v) is 15.1. The van der Waals surface area contributed by atoms with Crippen molar-refractivity contribution in [1.29, 1.82) is 0 Å². The smallest absolute Gasteiger partial charge is 0.221 e. The van der Waals surface area contributed by atoms with Crippen LogP contribution < -0.4 is 10.6 Å². The van der Waals surface area contributed by atoms with Gasteiger partial charge in [0.1, 0.15) is 11.5 Å². The fourth-order valence-electron chi connectivity index (χ4n) is 2.97. The van der Waals surface area contributed by atoms with Crippen molar-refractivity contribution in [3.8, 4) is 33.8 Å². The summed E-state index contributed by atoms with van der Waals surface area (Å²) in [6.45, 7) is 0. The monoisotopic (exact) mass is 357 g/mol. The summed E-state index contributed by atoms with van der Waals surface area (Å²) in [7, 11) is 3.91. The number of benzene rings is 1. The number of hydrogen-bond acceptors (Lipinski definition) is 6. The van der Waals surface area contributed by atoms with Gasteiger partial charge in [-0.25, -0.2) is 15.0 Å². The molecule has 0 atom stereocenters. The maximum Gasteiger partial charge on any atom is 0.221 e. The molecule has 0 radical (unpaired) electrons. The summed E-state index contributed by atoms with van der Waals surface area (Å²) in [6.07, 6.45) is 3.40. The molecule has 4 aromatic rings. The van der Waals surface area contributed by atoms with Gasteiger partial charge >= 0.3 is 0 Å². The highest BCUT2D eigenvalue weighted by atomic mass is 16.3. The molecule has 0 aliphatic carbocycles. The van der Waals surface area contributed by atoms with Gasteiger partial charge in [0.15, 0.2) is 5.76 Å². The van der Waals surface area contributed by atoms with Crippen LogP contribution in [-0.4, -0.2) is 29.0 Å². The van der Waals surface area contributed by atoms with E-state index < -0.39 is 0 Å². The third kappa shape index (κ3) is 3.25. The maximum absolute atomic E-state index is 6.04. The lowest BCUT2D eigenvalue weighted by atomic mass is 9.97. The van der Waals surface area contributed by atoms with Crippen molar-refractivity contribution in [3.63, 3.8) is 0 Å². The van der Waals surface area contributed by atoms with E-state index in [1.807, 2.05) is 73.6 Å². The standard InChI is InChI=1S/C21H19N5O/c1-26(2)17-13-15(10-11-23-17)18-19(14-7-4-3-5-8-14)24-21(22)25-20(18)16-9-6-12-27-16/h3-13H,1-2H3,(H2,22,24,25). The largest absolute Gasteiger partial charge is 0.463 e. The van der Waals surface area contributed by atoms with E-state index in [1.165, 1.54) is 0 Å². The maximum atomic E-state index is 6.04. The Morgan fingerprint density at radius 3 is 2.37 bits per heavy atom. The number of pyridine rings is 1. The van der Waals surface area contributed by atoms with Crippen molar-refractivity contribution in [2.45, 2.75) is 0 Å². The highest BCUT2D eigenvalue weighted by molar-refractivity contribution is 5.91. The zero-order valence-electron chi connectivity index (χ0n) is 15.1. The minimum atomic E-state index is 0.200. The van der Waals surface area contributed by atoms with Crippen LogP contribution in [0.2, 0.25) is 0 Å². The second-order valence-electron chi connectivity index (χ2n) is 6.29. The van der Waals surface area contributed by atoms with Crippen molar-refractivity contribution in [3.05, 3.63) is 67.1 Å². The average Bonchev–Trinajstić information content (AvgIpc) is 3.23. The number of hydrogen-bond donors (Lipinski definition) is 1. The third-order valence-corrected chi connectivity index (χ3v) is 4.22. The Morgan fingerprint density at radius 2 is 1.67 bits per heavy atom. The average molecular weight is 357 g/mol. The van der Waals surface area contributed by atoms with Crippen LogP contribution in [0.5, 0.6) is 0 Å². The summed E-state index contributed by atoms with van der Waals surface area (Å²) < 4.78 is 5.63. The lowest BCUT2D eigenvalue weighted by molar-refractivity contribution is 0.580.